The minimum absolute atomic E-state index is 0.104. The van der Waals surface area contributed by atoms with Crippen LogP contribution in [0, 0.1) is 0 Å². The van der Waals surface area contributed by atoms with Crippen LogP contribution in [0.4, 0.5) is 5.69 Å². The van der Waals surface area contributed by atoms with Gasteiger partial charge >= 0.3 is 5.97 Å². The Morgan fingerprint density at radius 1 is 1.14 bits per heavy atom. The van der Waals surface area contributed by atoms with Crippen molar-refractivity contribution in [2.24, 2.45) is 0 Å². The number of halogens is 1. The highest BCUT2D eigenvalue weighted by Crippen LogP contribution is 2.46. The highest BCUT2D eigenvalue weighted by Gasteiger charge is 2.45. The van der Waals surface area contributed by atoms with Crippen molar-refractivity contribution in [1.29, 1.82) is 0 Å². The summed E-state index contributed by atoms with van der Waals surface area (Å²) in [5.41, 5.74) is 1.96. The first-order valence-electron chi connectivity index (χ1n) is 8.46. The second-order valence-electron chi connectivity index (χ2n) is 6.42. The minimum Gasteiger partial charge on any atom is -0.479 e. The third-order valence-electron chi connectivity index (χ3n) is 4.74. The summed E-state index contributed by atoms with van der Waals surface area (Å²) in [6.07, 6.45) is 0. The van der Waals surface area contributed by atoms with Gasteiger partial charge < -0.3 is 10.0 Å². The maximum Gasteiger partial charge on any atom is 0.331 e. The molecule has 2 aliphatic heterocycles. The van der Waals surface area contributed by atoms with E-state index in [1.807, 2.05) is 6.07 Å². The molecule has 2 amide bonds. The van der Waals surface area contributed by atoms with Crippen LogP contribution < -0.4 is 4.90 Å². The van der Waals surface area contributed by atoms with Crippen molar-refractivity contribution in [3.8, 4) is 0 Å². The molecular formula is C20H13BrN2O4S2. The average Bonchev–Trinajstić information content (AvgIpc) is 3.10. The number of carboxylic acid groups (broad SMARTS) is 1. The molecule has 0 aliphatic carbocycles. The SMILES string of the molecule is CN1C(=O)/C(=C2\SC(=S)N(C(C(=O)O)c3ccccc3)C2=O)c2cc(Br)ccc21. The number of hydrogen-bond donors (Lipinski definition) is 1. The van der Waals surface area contributed by atoms with Gasteiger partial charge in [0, 0.05) is 17.1 Å². The predicted molar refractivity (Wildman–Crippen MR) is 118 cm³/mol. The van der Waals surface area contributed by atoms with Crippen LogP contribution in [0.1, 0.15) is 17.2 Å². The zero-order chi connectivity index (χ0) is 20.9. The average molecular weight is 489 g/mol. The van der Waals surface area contributed by atoms with E-state index < -0.39 is 17.9 Å². The van der Waals surface area contributed by atoms with Crippen LogP contribution in [0.15, 0.2) is 57.9 Å². The van der Waals surface area contributed by atoms with Crippen molar-refractivity contribution in [1.82, 2.24) is 4.90 Å². The normalized spacial score (nSPS) is 19.7. The molecule has 2 aromatic carbocycles. The highest BCUT2D eigenvalue weighted by atomic mass is 79.9. The van der Waals surface area contributed by atoms with E-state index in [0.29, 0.717) is 16.8 Å². The summed E-state index contributed by atoms with van der Waals surface area (Å²) in [6.45, 7) is 0. The Bertz CT molecular complexity index is 1120. The van der Waals surface area contributed by atoms with Gasteiger partial charge in [0.25, 0.3) is 11.8 Å². The van der Waals surface area contributed by atoms with E-state index in [1.165, 1.54) is 4.90 Å². The summed E-state index contributed by atoms with van der Waals surface area (Å²) in [7, 11) is 1.63. The number of thioether (sulfide) groups is 1. The van der Waals surface area contributed by atoms with Gasteiger partial charge in [0.2, 0.25) is 0 Å². The number of carboxylic acids is 1. The molecule has 1 atom stereocenters. The number of amides is 2. The van der Waals surface area contributed by atoms with Gasteiger partial charge in [0.15, 0.2) is 6.04 Å². The fourth-order valence-electron chi connectivity index (χ4n) is 3.40. The molecule has 6 nitrogen and oxygen atoms in total. The Morgan fingerprint density at radius 3 is 2.48 bits per heavy atom. The van der Waals surface area contributed by atoms with Crippen LogP contribution in [0.25, 0.3) is 5.57 Å². The zero-order valence-electron chi connectivity index (χ0n) is 15.0. The van der Waals surface area contributed by atoms with Gasteiger partial charge in [-0.2, -0.15) is 0 Å². The molecular weight excluding hydrogens is 476 g/mol. The summed E-state index contributed by atoms with van der Waals surface area (Å²) in [5.74, 6) is -2.11. The van der Waals surface area contributed by atoms with Crippen molar-refractivity contribution in [3.05, 3.63) is 69.0 Å². The van der Waals surface area contributed by atoms with Crippen molar-refractivity contribution in [2.75, 3.05) is 11.9 Å². The molecule has 9 heteroatoms. The lowest BCUT2D eigenvalue weighted by molar-refractivity contribution is -0.145. The summed E-state index contributed by atoms with van der Waals surface area (Å²) in [6, 6.07) is 12.5. The molecule has 2 aromatic rings. The van der Waals surface area contributed by atoms with Gasteiger partial charge in [-0.1, -0.05) is 70.2 Å². The van der Waals surface area contributed by atoms with E-state index in [-0.39, 0.29) is 20.7 Å². The molecule has 2 aliphatic rings. The lowest BCUT2D eigenvalue weighted by atomic mass is 10.0. The predicted octanol–water partition coefficient (Wildman–Crippen LogP) is 3.82. The first-order valence-corrected chi connectivity index (χ1v) is 10.5. The van der Waals surface area contributed by atoms with E-state index in [1.54, 1.807) is 49.5 Å². The summed E-state index contributed by atoms with van der Waals surface area (Å²) < 4.78 is 0.868. The standard InChI is InChI=1S/C20H13BrN2O4S2/c1-22-13-8-7-11(21)9-12(13)14(17(22)24)16-18(25)23(20(28)29-16)15(19(26)27)10-5-3-2-4-6-10/h2-9,15H,1H3,(H,26,27)/b16-14-. The number of carbonyl (C=O) groups is 3. The molecule has 2 heterocycles. The van der Waals surface area contributed by atoms with Crippen LogP contribution in [-0.4, -0.2) is 39.2 Å². The van der Waals surface area contributed by atoms with E-state index in [9.17, 15) is 19.5 Å². The lowest BCUT2D eigenvalue weighted by Crippen LogP contribution is -2.37. The maximum atomic E-state index is 13.3. The lowest BCUT2D eigenvalue weighted by Gasteiger charge is -2.23. The van der Waals surface area contributed by atoms with E-state index in [2.05, 4.69) is 15.9 Å². The third kappa shape index (κ3) is 3.19. The van der Waals surface area contributed by atoms with Crippen LogP contribution in [0.3, 0.4) is 0 Å². The fraction of sp³-hybridized carbons (Fsp3) is 0.100. The first-order chi connectivity index (χ1) is 13.8. The van der Waals surface area contributed by atoms with Crippen LogP contribution in [-0.2, 0) is 14.4 Å². The number of benzene rings is 2. The quantitative estimate of drug-likeness (QED) is 0.522. The zero-order valence-corrected chi connectivity index (χ0v) is 18.2. The fourth-order valence-corrected chi connectivity index (χ4v) is 5.15. The van der Waals surface area contributed by atoms with Crippen LogP contribution in [0.5, 0.6) is 0 Å². The van der Waals surface area contributed by atoms with Crippen LogP contribution in [0.2, 0.25) is 0 Å². The molecule has 0 saturated carbocycles. The largest absolute Gasteiger partial charge is 0.479 e. The van der Waals surface area contributed by atoms with Crippen molar-refractivity contribution < 1.29 is 19.5 Å². The number of likely N-dealkylation sites (N-methyl/N-ethyl adjacent to an activating group) is 1. The van der Waals surface area contributed by atoms with Gasteiger partial charge in [0.05, 0.1) is 16.2 Å². The molecule has 1 N–H and O–H groups in total. The second-order valence-corrected chi connectivity index (χ2v) is 8.98. The van der Waals surface area contributed by atoms with Gasteiger partial charge in [-0.15, -0.1) is 0 Å². The van der Waals surface area contributed by atoms with Crippen molar-refractivity contribution in [3.63, 3.8) is 0 Å². The Labute approximate surface area is 184 Å². The molecule has 1 unspecified atom stereocenters. The van der Waals surface area contributed by atoms with E-state index in [0.717, 1.165) is 21.1 Å². The molecule has 0 spiro atoms. The molecule has 1 saturated heterocycles. The number of fused-ring (bicyclic) bond motifs is 1. The molecule has 146 valence electrons. The molecule has 0 aromatic heterocycles. The smallest absolute Gasteiger partial charge is 0.331 e. The number of thiocarbonyl (C=S) groups is 1. The van der Waals surface area contributed by atoms with Gasteiger partial charge in [-0.05, 0) is 23.8 Å². The Morgan fingerprint density at radius 2 is 1.83 bits per heavy atom. The molecule has 4 rings (SSSR count). The number of aliphatic carboxylic acids is 1. The summed E-state index contributed by atoms with van der Waals surface area (Å²) >= 11 is 9.70. The topological polar surface area (TPSA) is 77.9 Å². The summed E-state index contributed by atoms with van der Waals surface area (Å²) in [4.78, 5) is 40.9. The number of nitrogens with zero attached hydrogens (tertiary/aromatic N) is 2. The summed E-state index contributed by atoms with van der Waals surface area (Å²) in [5, 5.41) is 9.80. The Hall–Kier alpha value is -2.49. The van der Waals surface area contributed by atoms with E-state index >= 15 is 0 Å². The Kier molecular flexibility index (Phi) is 5.05. The minimum atomic E-state index is -1.27. The molecule has 1 fully saturated rings. The monoisotopic (exact) mass is 488 g/mol. The van der Waals surface area contributed by atoms with Gasteiger partial charge in [-0.25, -0.2) is 4.79 Å². The third-order valence-corrected chi connectivity index (χ3v) is 6.64. The number of carbonyl (C=O) groups excluding carboxylic acids is 2. The van der Waals surface area contributed by atoms with Gasteiger partial charge in [0.1, 0.15) is 4.32 Å². The number of hydrogen-bond acceptors (Lipinski definition) is 5. The second kappa shape index (κ2) is 7.40. The molecule has 0 radical (unpaired) electrons. The van der Waals surface area contributed by atoms with Crippen molar-refractivity contribution >= 4 is 73.3 Å². The number of anilines is 1. The maximum absolute atomic E-state index is 13.3. The van der Waals surface area contributed by atoms with Gasteiger partial charge in [-0.3, -0.25) is 14.5 Å². The molecule has 0 bridgehead atoms. The molecule has 29 heavy (non-hydrogen) atoms. The first kappa shape index (κ1) is 19.8. The Balaban J connectivity index is 1.85. The highest BCUT2D eigenvalue weighted by molar-refractivity contribution is 9.10. The van der Waals surface area contributed by atoms with E-state index in [4.69, 9.17) is 12.2 Å². The number of rotatable bonds is 3. The van der Waals surface area contributed by atoms with Crippen molar-refractivity contribution in [2.45, 2.75) is 6.04 Å². The van der Waals surface area contributed by atoms with Crippen LogP contribution >= 0.6 is 39.9 Å².